The molecule has 4 atom stereocenters. The fourth-order valence-electron chi connectivity index (χ4n) is 7.26. The molecule has 2 N–H and O–H groups in total. The number of nitrogens with zero attached hydrogens (tertiary/aromatic N) is 2. The Morgan fingerprint density at radius 2 is 1.75 bits per heavy atom. The quantitative estimate of drug-likeness (QED) is 0.193. The third-order valence-corrected chi connectivity index (χ3v) is 10.1. The van der Waals surface area contributed by atoms with E-state index in [9.17, 15) is 9.90 Å². The molecule has 2 fully saturated rings. The number of carbonyl (C=O) groups excluding carboxylic acids is 1. The van der Waals surface area contributed by atoms with Gasteiger partial charge in [-0.15, -0.1) is 0 Å². The molecule has 0 radical (unpaired) electrons. The molecule has 1 amide bonds. The largest absolute Gasteiger partial charge is 0.459 e. The lowest BCUT2D eigenvalue weighted by Gasteiger charge is -2.25. The maximum atomic E-state index is 13.1. The van der Waals surface area contributed by atoms with Crippen LogP contribution in [-0.2, 0) is 6.42 Å². The number of furan rings is 1. The van der Waals surface area contributed by atoms with E-state index in [0.717, 1.165) is 68.4 Å². The van der Waals surface area contributed by atoms with Gasteiger partial charge in [0.25, 0.3) is 5.91 Å². The van der Waals surface area contributed by atoms with Crippen molar-refractivity contribution in [3.05, 3.63) is 83.3 Å². The summed E-state index contributed by atoms with van der Waals surface area (Å²) in [5.41, 5.74) is 5.45. The average molecular weight is 600 g/mol. The van der Waals surface area contributed by atoms with Gasteiger partial charge in [-0.25, -0.2) is 0 Å². The Morgan fingerprint density at radius 1 is 0.955 bits per heavy atom. The van der Waals surface area contributed by atoms with E-state index in [1.807, 2.05) is 6.07 Å². The van der Waals surface area contributed by atoms with Crippen LogP contribution in [0.2, 0.25) is 0 Å². The molecule has 3 heterocycles. The molecule has 2 aromatic carbocycles. The third-order valence-electron chi connectivity index (χ3n) is 10.1. The van der Waals surface area contributed by atoms with Crippen LogP contribution >= 0.6 is 0 Å². The molecule has 0 spiro atoms. The van der Waals surface area contributed by atoms with Crippen LogP contribution in [0.4, 0.5) is 11.4 Å². The van der Waals surface area contributed by atoms with E-state index in [1.165, 1.54) is 56.3 Å². The number of hydrogen-bond acceptors (Lipinski definition) is 5. The average Bonchev–Trinajstić information content (AvgIpc) is 3.73. The van der Waals surface area contributed by atoms with Crippen molar-refractivity contribution in [1.29, 1.82) is 0 Å². The molecule has 2 aliphatic heterocycles. The highest BCUT2D eigenvalue weighted by atomic mass is 16.3. The first-order valence-electron chi connectivity index (χ1n) is 17.1. The maximum Gasteiger partial charge on any atom is 0.291 e. The first-order valence-corrected chi connectivity index (χ1v) is 17.1. The number of carbonyl (C=O) groups is 1. The van der Waals surface area contributed by atoms with Crippen LogP contribution in [0.15, 0.2) is 65.3 Å². The minimum atomic E-state index is -0.570. The zero-order valence-electron chi connectivity index (χ0n) is 27.1. The van der Waals surface area contributed by atoms with Gasteiger partial charge in [0, 0.05) is 30.5 Å². The van der Waals surface area contributed by atoms with Gasteiger partial charge in [-0.1, -0.05) is 50.1 Å². The van der Waals surface area contributed by atoms with Crippen molar-refractivity contribution in [3.63, 3.8) is 0 Å². The van der Waals surface area contributed by atoms with Crippen LogP contribution in [0.3, 0.4) is 0 Å². The van der Waals surface area contributed by atoms with E-state index in [-0.39, 0.29) is 11.8 Å². The molecule has 4 unspecified atom stereocenters. The van der Waals surface area contributed by atoms with Crippen LogP contribution in [0.5, 0.6) is 0 Å². The number of likely N-dealkylation sites (tertiary alicyclic amines) is 1. The lowest BCUT2D eigenvalue weighted by molar-refractivity contribution is 0.0995. The molecule has 1 aromatic heterocycles. The number of hydrogen-bond donors (Lipinski definition) is 2. The Labute approximate surface area is 264 Å². The second-order valence-electron chi connectivity index (χ2n) is 13.4. The number of benzene rings is 2. The smallest absolute Gasteiger partial charge is 0.291 e. The molecular weight excluding hydrogens is 546 g/mol. The number of rotatable bonds is 13. The molecule has 44 heavy (non-hydrogen) atoms. The van der Waals surface area contributed by atoms with Crippen molar-refractivity contribution >= 4 is 17.3 Å². The first-order chi connectivity index (χ1) is 21.4. The number of anilines is 2. The van der Waals surface area contributed by atoms with Crippen molar-refractivity contribution in [3.8, 4) is 0 Å². The van der Waals surface area contributed by atoms with Gasteiger partial charge >= 0.3 is 0 Å². The van der Waals surface area contributed by atoms with Crippen LogP contribution < -0.4 is 10.2 Å². The van der Waals surface area contributed by atoms with Gasteiger partial charge in [0.05, 0.1) is 12.4 Å². The van der Waals surface area contributed by atoms with E-state index in [4.69, 9.17) is 4.42 Å². The zero-order valence-corrected chi connectivity index (χ0v) is 27.1. The van der Waals surface area contributed by atoms with E-state index < -0.39 is 6.10 Å². The summed E-state index contributed by atoms with van der Waals surface area (Å²) < 4.78 is 5.39. The van der Waals surface area contributed by atoms with Crippen molar-refractivity contribution in [2.75, 3.05) is 36.4 Å². The molecular formula is C38H53N3O3. The van der Waals surface area contributed by atoms with Gasteiger partial charge in [-0.05, 0) is 131 Å². The summed E-state index contributed by atoms with van der Waals surface area (Å²) in [6, 6.07) is 18.9. The Bertz CT molecular complexity index is 1320. The fourth-order valence-corrected chi connectivity index (χ4v) is 7.26. The predicted octanol–water partition coefficient (Wildman–Crippen LogP) is 8.40. The molecule has 238 valence electrons. The fraction of sp³-hybridized carbons (Fsp3) is 0.553. The highest BCUT2D eigenvalue weighted by Gasteiger charge is 2.23. The molecule has 0 bridgehead atoms. The normalized spacial score (nSPS) is 19.8. The number of para-hydroxylation sites is 1. The molecule has 2 aliphatic rings. The van der Waals surface area contributed by atoms with Crippen molar-refractivity contribution in [2.24, 2.45) is 11.8 Å². The van der Waals surface area contributed by atoms with E-state index in [1.54, 1.807) is 12.1 Å². The van der Waals surface area contributed by atoms with Crippen LogP contribution in [0, 0.1) is 18.8 Å². The number of aryl methyl sites for hydroxylation is 1. The van der Waals surface area contributed by atoms with Gasteiger partial charge in [-0.3, -0.25) is 4.79 Å². The van der Waals surface area contributed by atoms with E-state index in [2.05, 4.69) is 72.3 Å². The monoisotopic (exact) mass is 599 g/mol. The highest BCUT2D eigenvalue weighted by molar-refractivity contribution is 6.02. The summed E-state index contributed by atoms with van der Waals surface area (Å²) in [5.74, 6) is 0.711. The number of unbranched alkanes of at least 4 members (excludes halogenated alkanes) is 1. The number of nitrogens with one attached hydrogen (secondary N) is 1. The SMILES string of the molecule is Cc1ccccc1N1CCCC(Cc2ccc(C(O)C(C)CCCCC(C)N3CCCC3)cc2NC(=O)c2ccco2)CC1. The van der Waals surface area contributed by atoms with Crippen LogP contribution in [0.1, 0.15) is 105 Å². The van der Waals surface area contributed by atoms with E-state index in [0.29, 0.717) is 17.7 Å². The molecule has 6 heteroatoms. The summed E-state index contributed by atoms with van der Waals surface area (Å²) in [5, 5.41) is 14.5. The second kappa shape index (κ2) is 15.8. The Morgan fingerprint density at radius 3 is 2.52 bits per heavy atom. The zero-order chi connectivity index (χ0) is 30.9. The maximum absolute atomic E-state index is 13.1. The van der Waals surface area contributed by atoms with Crippen molar-refractivity contribution < 1.29 is 14.3 Å². The van der Waals surface area contributed by atoms with Gasteiger partial charge in [0.2, 0.25) is 0 Å². The molecule has 2 saturated heterocycles. The number of amides is 1. The summed E-state index contributed by atoms with van der Waals surface area (Å²) in [6.07, 6.45) is 12.5. The van der Waals surface area contributed by atoms with Crippen LogP contribution in [0.25, 0.3) is 0 Å². The minimum Gasteiger partial charge on any atom is -0.459 e. The summed E-state index contributed by atoms with van der Waals surface area (Å²) >= 11 is 0. The third kappa shape index (κ3) is 8.54. The van der Waals surface area contributed by atoms with Crippen LogP contribution in [-0.4, -0.2) is 48.1 Å². The Hall–Kier alpha value is -3.09. The summed E-state index contributed by atoms with van der Waals surface area (Å²) in [7, 11) is 0. The van der Waals surface area contributed by atoms with Crippen molar-refractivity contribution in [1.82, 2.24) is 4.90 Å². The van der Waals surface area contributed by atoms with Gasteiger partial charge in [0.1, 0.15) is 0 Å². The lowest BCUT2D eigenvalue weighted by Crippen LogP contribution is -2.29. The molecule has 5 rings (SSSR count). The molecule has 3 aromatic rings. The molecule has 0 saturated carbocycles. The minimum absolute atomic E-state index is 0.144. The Kier molecular flexibility index (Phi) is 11.6. The lowest BCUT2D eigenvalue weighted by atomic mass is 9.88. The Balaban J connectivity index is 1.23. The predicted molar refractivity (Wildman–Crippen MR) is 180 cm³/mol. The van der Waals surface area contributed by atoms with E-state index >= 15 is 0 Å². The topological polar surface area (TPSA) is 69.0 Å². The van der Waals surface area contributed by atoms with Gasteiger partial charge in [0.15, 0.2) is 5.76 Å². The summed E-state index contributed by atoms with van der Waals surface area (Å²) in [6.45, 7) is 11.3. The standard InChI is InChI=1S/C38H53N3O3/c1-28-12-5-7-16-35(28)41-23-10-15-31(20-24-41)26-32-18-19-33(27-34(32)39-38(43)36-17-11-25-44-36)37(42)29(2)13-4-6-14-30(3)40-21-8-9-22-40/h5,7,11-12,16-19,25,27,29-31,37,42H,4,6,8-10,13-15,20-24,26H2,1-3H3,(H,39,43). The second-order valence-corrected chi connectivity index (χ2v) is 13.4. The van der Waals surface area contributed by atoms with Crippen molar-refractivity contribution in [2.45, 2.75) is 97.1 Å². The van der Waals surface area contributed by atoms with Gasteiger partial charge < -0.3 is 24.6 Å². The highest BCUT2D eigenvalue weighted by Crippen LogP contribution is 2.33. The number of aliphatic hydroxyl groups is 1. The van der Waals surface area contributed by atoms with Gasteiger partial charge in [-0.2, -0.15) is 0 Å². The molecule has 6 nitrogen and oxygen atoms in total. The number of aliphatic hydroxyl groups excluding tert-OH is 1. The first kappa shape index (κ1) is 32.3. The molecule has 0 aliphatic carbocycles. The summed E-state index contributed by atoms with van der Waals surface area (Å²) in [4.78, 5) is 18.2.